The maximum atomic E-state index is 13.7. The van der Waals surface area contributed by atoms with E-state index in [9.17, 15) is 26.0 Å². The molecular formula is C22H16F4N2O2S. The Balaban J connectivity index is 1.59. The van der Waals surface area contributed by atoms with Crippen molar-refractivity contribution in [2.45, 2.75) is 17.5 Å². The van der Waals surface area contributed by atoms with E-state index in [1.165, 1.54) is 24.3 Å². The number of rotatable bonds is 4. The van der Waals surface area contributed by atoms with Crippen molar-refractivity contribution in [1.29, 1.82) is 0 Å². The van der Waals surface area contributed by atoms with Gasteiger partial charge in [0.05, 0.1) is 16.2 Å². The van der Waals surface area contributed by atoms with Crippen molar-refractivity contribution < 1.29 is 26.0 Å². The first-order chi connectivity index (χ1) is 14.6. The number of nitrogens with one attached hydrogen (secondary N) is 1. The summed E-state index contributed by atoms with van der Waals surface area (Å²) in [5.74, 6) is -0.376. The van der Waals surface area contributed by atoms with Crippen molar-refractivity contribution in [2.75, 3.05) is 11.3 Å². The van der Waals surface area contributed by atoms with Crippen LogP contribution in [-0.4, -0.2) is 20.7 Å². The lowest BCUT2D eigenvalue weighted by molar-refractivity contribution is -0.137. The van der Waals surface area contributed by atoms with E-state index in [0.29, 0.717) is 35.9 Å². The highest BCUT2D eigenvalue weighted by molar-refractivity contribution is 7.92. The van der Waals surface area contributed by atoms with Crippen LogP contribution in [0.2, 0.25) is 0 Å². The number of nitrogens with zero attached hydrogens (tertiary/aromatic N) is 1. The fourth-order valence-electron chi connectivity index (χ4n) is 3.36. The molecule has 0 bridgehead atoms. The van der Waals surface area contributed by atoms with E-state index < -0.39 is 26.7 Å². The van der Waals surface area contributed by atoms with Gasteiger partial charge >= 0.3 is 6.18 Å². The van der Waals surface area contributed by atoms with E-state index in [-0.39, 0.29) is 11.5 Å². The smallest absolute Gasteiger partial charge is 0.284 e. The van der Waals surface area contributed by atoms with E-state index in [4.69, 9.17) is 0 Å². The number of fused-ring (bicyclic) bond motifs is 1. The van der Waals surface area contributed by atoms with Crippen molar-refractivity contribution in [1.82, 2.24) is 0 Å². The SMILES string of the molecule is O=S(=O)(Nc1ccc(C2=NCCc3ccc(F)cc32)cc1)c1cccc(C(F)(F)F)c1. The van der Waals surface area contributed by atoms with Crippen LogP contribution >= 0.6 is 0 Å². The Labute approximate surface area is 176 Å². The van der Waals surface area contributed by atoms with Crippen molar-refractivity contribution in [3.63, 3.8) is 0 Å². The van der Waals surface area contributed by atoms with Crippen LogP contribution in [0.25, 0.3) is 0 Å². The number of aliphatic imine (C=N–C) groups is 1. The molecule has 4 rings (SSSR count). The van der Waals surface area contributed by atoms with Crippen LogP contribution in [0.15, 0.2) is 76.6 Å². The Kier molecular flexibility index (Phi) is 5.30. The molecule has 3 aromatic carbocycles. The number of anilines is 1. The number of hydrogen-bond acceptors (Lipinski definition) is 3. The zero-order chi connectivity index (χ0) is 22.2. The van der Waals surface area contributed by atoms with Crippen LogP contribution in [0.4, 0.5) is 23.2 Å². The molecule has 1 N–H and O–H groups in total. The molecule has 31 heavy (non-hydrogen) atoms. The van der Waals surface area contributed by atoms with E-state index in [1.54, 1.807) is 18.2 Å². The van der Waals surface area contributed by atoms with Gasteiger partial charge in [-0.05, 0) is 54.4 Å². The molecule has 0 saturated heterocycles. The lowest BCUT2D eigenvalue weighted by atomic mass is 9.93. The van der Waals surface area contributed by atoms with Gasteiger partial charge in [0.2, 0.25) is 0 Å². The van der Waals surface area contributed by atoms with Gasteiger partial charge in [0, 0.05) is 23.4 Å². The van der Waals surface area contributed by atoms with Crippen molar-refractivity contribution in [3.8, 4) is 0 Å². The third-order valence-electron chi connectivity index (χ3n) is 4.86. The topological polar surface area (TPSA) is 58.5 Å². The fraction of sp³-hybridized carbons (Fsp3) is 0.136. The minimum absolute atomic E-state index is 0.178. The summed E-state index contributed by atoms with van der Waals surface area (Å²) >= 11 is 0. The molecule has 9 heteroatoms. The Bertz CT molecular complexity index is 1270. The molecule has 0 fully saturated rings. The standard InChI is InChI=1S/C22H16F4N2O2S/c23-17-7-4-14-10-11-27-21(20(14)13-17)15-5-8-18(9-6-15)28-31(29,30)19-3-1-2-16(12-19)22(24,25)26/h1-9,12-13,28H,10-11H2. The van der Waals surface area contributed by atoms with Crippen LogP contribution in [0.3, 0.4) is 0 Å². The highest BCUT2D eigenvalue weighted by Gasteiger charge is 2.31. The molecule has 0 spiro atoms. The molecule has 0 unspecified atom stereocenters. The van der Waals surface area contributed by atoms with Gasteiger partial charge in [-0.15, -0.1) is 0 Å². The van der Waals surface area contributed by atoms with Crippen LogP contribution in [0, 0.1) is 5.82 Å². The summed E-state index contributed by atoms with van der Waals surface area (Å²) < 4.78 is 79.7. The molecule has 3 aromatic rings. The number of sulfonamides is 1. The zero-order valence-electron chi connectivity index (χ0n) is 15.9. The second kappa shape index (κ2) is 7.81. The summed E-state index contributed by atoms with van der Waals surface area (Å²) in [4.78, 5) is 3.98. The first-order valence-electron chi connectivity index (χ1n) is 9.27. The highest BCUT2D eigenvalue weighted by Crippen LogP contribution is 2.31. The van der Waals surface area contributed by atoms with E-state index >= 15 is 0 Å². The van der Waals surface area contributed by atoms with E-state index in [1.807, 2.05) is 0 Å². The van der Waals surface area contributed by atoms with Gasteiger partial charge in [0.25, 0.3) is 10.0 Å². The van der Waals surface area contributed by atoms with Crippen molar-refractivity contribution >= 4 is 21.4 Å². The molecule has 1 aliphatic rings. The van der Waals surface area contributed by atoms with E-state index in [0.717, 1.165) is 23.8 Å². The summed E-state index contributed by atoms with van der Waals surface area (Å²) in [7, 11) is -4.22. The average Bonchev–Trinajstić information content (AvgIpc) is 2.73. The lowest BCUT2D eigenvalue weighted by Crippen LogP contribution is -2.16. The van der Waals surface area contributed by atoms with Crippen LogP contribution < -0.4 is 4.72 Å². The molecule has 0 atom stereocenters. The maximum Gasteiger partial charge on any atom is 0.416 e. The Hall–Kier alpha value is -3.20. The largest absolute Gasteiger partial charge is 0.416 e. The van der Waals surface area contributed by atoms with Gasteiger partial charge in [-0.2, -0.15) is 13.2 Å². The lowest BCUT2D eigenvalue weighted by Gasteiger charge is -2.17. The van der Waals surface area contributed by atoms with Gasteiger partial charge in [-0.1, -0.05) is 24.3 Å². The molecule has 4 nitrogen and oxygen atoms in total. The Morgan fingerprint density at radius 3 is 2.39 bits per heavy atom. The average molecular weight is 448 g/mol. The summed E-state index contributed by atoms with van der Waals surface area (Å²) in [6.07, 6.45) is -3.95. The van der Waals surface area contributed by atoms with Gasteiger partial charge in [-0.25, -0.2) is 12.8 Å². The number of halogens is 4. The van der Waals surface area contributed by atoms with Crippen LogP contribution in [-0.2, 0) is 22.6 Å². The Morgan fingerprint density at radius 1 is 0.935 bits per heavy atom. The zero-order valence-corrected chi connectivity index (χ0v) is 16.8. The predicted molar refractivity (Wildman–Crippen MR) is 109 cm³/mol. The summed E-state index contributed by atoms with van der Waals surface area (Å²) in [5.41, 5.74) is 2.06. The molecule has 0 aromatic heterocycles. The third-order valence-corrected chi connectivity index (χ3v) is 6.24. The van der Waals surface area contributed by atoms with Gasteiger partial charge in [0.1, 0.15) is 5.82 Å². The monoisotopic (exact) mass is 448 g/mol. The van der Waals surface area contributed by atoms with Gasteiger partial charge < -0.3 is 0 Å². The third kappa shape index (κ3) is 4.46. The summed E-state index contributed by atoms with van der Waals surface area (Å²) in [6, 6.07) is 14.3. The summed E-state index contributed by atoms with van der Waals surface area (Å²) in [5, 5.41) is 0. The first-order valence-corrected chi connectivity index (χ1v) is 10.8. The Morgan fingerprint density at radius 2 is 1.68 bits per heavy atom. The highest BCUT2D eigenvalue weighted by atomic mass is 32.2. The molecule has 0 saturated carbocycles. The second-order valence-corrected chi connectivity index (χ2v) is 8.67. The number of alkyl halides is 3. The molecular weight excluding hydrogens is 432 g/mol. The van der Waals surface area contributed by atoms with Gasteiger partial charge in [0.15, 0.2) is 0 Å². The molecule has 0 aliphatic carbocycles. The van der Waals surface area contributed by atoms with Crippen molar-refractivity contribution in [3.05, 3.63) is 94.8 Å². The number of benzene rings is 3. The summed E-state index contributed by atoms with van der Waals surface area (Å²) in [6.45, 7) is 0.553. The second-order valence-electron chi connectivity index (χ2n) is 6.99. The van der Waals surface area contributed by atoms with Crippen LogP contribution in [0.5, 0.6) is 0 Å². The normalized spacial score (nSPS) is 14.0. The quantitative estimate of drug-likeness (QED) is 0.569. The maximum absolute atomic E-state index is 13.7. The number of hydrogen-bond donors (Lipinski definition) is 1. The van der Waals surface area contributed by atoms with E-state index in [2.05, 4.69) is 9.71 Å². The minimum Gasteiger partial charge on any atom is -0.284 e. The van der Waals surface area contributed by atoms with Crippen molar-refractivity contribution in [2.24, 2.45) is 4.99 Å². The molecule has 0 amide bonds. The van der Waals surface area contributed by atoms with Crippen LogP contribution in [0.1, 0.15) is 22.3 Å². The first kappa shape index (κ1) is 21.0. The molecule has 0 radical (unpaired) electrons. The molecule has 1 aliphatic heterocycles. The minimum atomic E-state index is -4.65. The predicted octanol–water partition coefficient (Wildman–Crippen LogP) is 5.04. The molecule has 1 heterocycles. The van der Waals surface area contributed by atoms with Gasteiger partial charge in [-0.3, -0.25) is 9.71 Å². The molecule has 160 valence electrons. The fourth-order valence-corrected chi connectivity index (χ4v) is 4.46.